The number of hydrogen-bond acceptors (Lipinski definition) is 0. The third kappa shape index (κ3) is 11.8. The molecule has 0 fully saturated rings. The van der Waals surface area contributed by atoms with E-state index in [-0.39, 0.29) is 31.8 Å². The van der Waals surface area contributed by atoms with Crippen LogP contribution >= 0.6 is 34.9 Å². The summed E-state index contributed by atoms with van der Waals surface area (Å²) in [6.07, 6.45) is 5.26. The number of benzene rings is 2. The quantitative estimate of drug-likeness (QED) is 0.289. The predicted octanol–water partition coefficient (Wildman–Crippen LogP) is 7.04. The first-order valence-corrected chi connectivity index (χ1v) is 16.0. The van der Waals surface area contributed by atoms with E-state index in [2.05, 4.69) is 88.4 Å². The van der Waals surface area contributed by atoms with Gasteiger partial charge in [0, 0.05) is 0 Å². The molecular formula is C20H30Cl2P2Pd. The third-order valence-electron chi connectivity index (χ3n) is 3.77. The van der Waals surface area contributed by atoms with Gasteiger partial charge in [-0.1, -0.05) is 104 Å². The molecule has 0 heterocycles. The van der Waals surface area contributed by atoms with Gasteiger partial charge < -0.3 is 0 Å². The van der Waals surface area contributed by atoms with Crippen molar-refractivity contribution < 1.29 is 15.9 Å². The average Bonchev–Trinajstić information content (AvgIpc) is 2.67. The van der Waals surface area contributed by atoms with E-state index in [0.29, 0.717) is 0 Å². The summed E-state index contributed by atoms with van der Waals surface area (Å²) >= 11 is -0.106. The van der Waals surface area contributed by atoms with Crippen molar-refractivity contribution in [3.05, 3.63) is 60.7 Å². The van der Waals surface area contributed by atoms with Gasteiger partial charge in [-0.2, -0.15) is 0 Å². The van der Waals surface area contributed by atoms with E-state index >= 15 is 0 Å². The molecule has 0 atom stereocenters. The third-order valence-corrected chi connectivity index (χ3v) is 8.88. The van der Waals surface area contributed by atoms with Crippen LogP contribution in [-0.4, -0.2) is 24.6 Å². The monoisotopic (exact) mass is 508 g/mol. The van der Waals surface area contributed by atoms with Crippen LogP contribution in [0.2, 0.25) is 0 Å². The zero-order valence-electron chi connectivity index (χ0n) is 15.6. The molecule has 0 spiro atoms. The molecule has 0 aliphatic heterocycles. The summed E-state index contributed by atoms with van der Waals surface area (Å²) in [7, 11) is 9.93. The van der Waals surface area contributed by atoms with E-state index < -0.39 is 0 Å². The van der Waals surface area contributed by atoms with Crippen LogP contribution in [0.1, 0.15) is 27.7 Å². The number of hydrogen-bond donors (Lipinski definition) is 0. The van der Waals surface area contributed by atoms with E-state index in [4.69, 9.17) is 19.1 Å². The van der Waals surface area contributed by atoms with Crippen molar-refractivity contribution in [1.29, 1.82) is 0 Å². The molecule has 0 amide bonds. The van der Waals surface area contributed by atoms with E-state index in [0.717, 1.165) is 0 Å². The molecule has 0 aromatic heterocycles. The molecule has 2 rings (SSSR count). The Morgan fingerprint density at radius 2 is 0.840 bits per heavy atom. The fraction of sp³-hybridized carbons (Fsp3) is 0.400. The Labute approximate surface area is 173 Å². The standard InChI is InChI=1S/2C10H15P.2ClH.Pd/c2*1-3-11(4-2)10-8-6-5-7-9-10;;;/h2*5-9H,3-4H2,1-2H3;2*1H;/q;;;;+2/p-2. The summed E-state index contributed by atoms with van der Waals surface area (Å²) in [5.41, 5.74) is 0. The molecule has 0 N–H and O–H groups in total. The van der Waals surface area contributed by atoms with Crippen molar-refractivity contribution >= 4 is 45.5 Å². The summed E-state index contributed by atoms with van der Waals surface area (Å²) in [6.45, 7) is 9.12. The number of rotatable bonds is 6. The number of halogens is 2. The molecule has 0 unspecified atom stereocenters. The van der Waals surface area contributed by atoms with Crippen LogP contribution in [0, 0.1) is 0 Å². The minimum atomic E-state index is -0.106. The fourth-order valence-corrected chi connectivity index (χ4v) is 6.00. The molecule has 0 radical (unpaired) electrons. The Morgan fingerprint density at radius 3 is 1.04 bits per heavy atom. The Morgan fingerprint density at radius 1 is 0.600 bits per heavy atom. The fourth-order valence-electron chi connectivity index (χ4n) is 2.46. The first kappa shape index (κ1) is 25.5. The van der Waals surface area contributed by atoms with Crippen LogP contribution in [0.3, 0.4) is 0 Å². The van der Waals surface area contributed by atoms with Crippen LogP contribution in [0.25, 0.3) is 0 Å². The van der Waals surface area contributed by atoms with Crippen molar-refractivity contribution in [2.45, 2.75) is 27.7 Å². The minimum absolute atomic E-state index is 0.106. The summed E-state index contributed by atoms with van der Waals surface area (Å²) in [5, 5.41) is 3.10. The molecular weight excluding hydrogens is 479 g/mol. The topological polar surface area (TPSA) is 0 Å². The van der Waals surface area contributed by atoms with Crippen molar-refractivity contribution in [3.8, 4) is 0 Å². The second-order valence-corrected chi connectivity index (χ2v) is 13.1. The van der Waals surface area contributed by atoms with Gasteiger partial charge in [0.1, 0.15) is 0 Å². The van der Waals surface area contributed by atoms with Crippen LogP contribution in [-0.2, 0) is 15.9 Å². The van der Waals surface area contributed by atoms with Gasteiger partial charge in [-0.15, -0.1) is 0 Å². The van der Waals surface area contributed by atoms with Crippen LogP contribution in [0.4, 0.5) is 0 Å². The molecule has 0 aliphatic rings. The van der Waals surface area contributed by atoms with Crippen molar-refractivity contribution in [3.63, 3.8) is 0 Å². The SMILES string of the molecule is CCP(CC)c1ccccc1.CCP(CC)c1ccccc1.[Cl][Pd][Cl]. The van der Waals surface area contributed by atoms with Crippen molar-refractivity contribution in [2.24, 2.45) is 0 Å². The van der Waals surface area contributed by atoms with Gasteiger partial charge in [0.25, 0.3) is 0 Å². The maximum atomic E-state index is 4.81. The van der Waals surface area contributed by atoms with E-state index in [1.54, 1.807) is 10.6 Å². The Bertz CT molecular complexity index is 456. The normalized spacial score (nSPS) is 10.1. The summed E-state index contributed by atoms with van der Waals surface area (Å²) in [4.78, 5) is 0. The predicted molar refractivity (Wildman–Crippen MR) is 120 cm³/mol. The summed E-state index contributed by atoms with van der Waals surface area (Å²) in [6, 6.07) is 21.7. The van der Waals surface area contributed by atoms with Crippen LogP contribution < -0.4 is 10.6 Å². The summed E-state index contributed by atoms with van der Waals surface area (Å²) in [5.74, 6) is 0. The zero-order chi connectivity index (χ0) is 18.9. The first-order chi connectivity index (χ1) is 12.2. The maximum absolute atomic E-state index is 4.81. The molecule has 0 aliphatic carbocycles. The van der Waals surface area contributed by atoms with Gasteiger partial charge in [0.15, 0.2) is 0 Å². The Kier molecular flexibility index (Phi) is 18.3. The summed E-state index contributed by atoms with van der Waals surface area (Å²) < 4.78 is 0. The van der Waals surface area contributed by atoms with E-state index in [9.17, 15) is 0 Å². The van der Waals surface area contributed by atoms with E-state index in [1.807, 2.05) is 0 Å². The van der Waals surface area contributed by atoms with Gasteiger partial charge in [0.05, 0.1) is 0 Å². The van der Waals surface area contributed by atoms with Gasteiger partial charge in [-0.25, -0.2) is 0 Å². The Hall–Kier alpha value is 0.542. The molecule has 0 bridgehead atoms. The Balaban J connectivity index is 0.000000399. The second-order valence-electron chi connectivity index (χ2n) is 5.06. The average molecular weight is 510 g/mol. The van der Waals surface area contributed by atoms with Gasteiger partial charge in [-0.3, -0.25) is 0 Å². The molecule has 5 heteroatoms. The molecule has 0 saturated carbocycles. The molecule has 2 aromatic rings. The van der Waals surface area contributed by atoms with Crippen molar-refractivity contribution in [2.75, 3.05) is 24.6 Å². The van der Waals surface area contributed by atoms with Gasteiger partial charge in [-0.05, 0) is 35.3 Å². The molecule has 0 nitrogen and oxygen atoms in total. The van der Waals surface area contributed by atoms with E-state index in [1.165, 1.54) is 24.6 Å². The van der Waals surface area contributed by atoms with Crippen molar-refractivity contribution in [1.82, 2.24) is 0 Å². The first-order valence-electron chi connectivity index (χ1n) is 8.60. The van der Waals surface area contributed by atoms with Crippen LogP contribution in [0.5, 0.6) is 0 Å². The van der Waals surface area contributed by atoms with Gasteiger partial charge in [0.2, 0.25) is 0 Å². The van der Waals surface area contributed by atoms with Crippen LogP contribution in [0.15, 0.2) is 60.7 Å². The molecule has 2 aromatic carbocycles. The zero-order valence-corrected chi connectivity index (χ0v) is 20.4. The second kappa shape index (κ2) is 17.9. The molecule has 0 saturated heterocycles. The molecule has 144 valence electrons. The molecule has 25 heavy (non-hydrogen) atoms. The van der Waals surface area contributed by atoms with Gasteiger partial charge >= 0.3 is 35.0 Å².